The van der Waals surface area contributed by atoms with Crippen LogP contribution in [0.3, 0.4) is 0 Å². The third-order valence-corrected chi connectivity index (χ3v) is 3.10. The Labute approximate surface area is 101 Å². The van der Waals surface area contributed by atoms with Crippen LogP contribution in [0.15, 0.2) is 12.1 Å². The van der Waals surface area contributed by atoms with Gasteiger partial charge in [-0.3, -0.25) is 4.79 Å². The number of rotatable bonds is 3. The lowest BCUT2D eigenvalue weighted by Gasteiger charge is -2.26. The highest BCUT2D eigenvalue weighted by atomic mass is 16.5. The SMILES string of the molecule is CCC(C)(C)Oc1cc2c(cc1N)CC(=O)N2. The van der Waals surface area contributed by atoms with Crippen LogP contribution in [0.1, 0.15) is 32.8 Å². The van der Waals surface area contributed by atoms with E-state index in [1.165, 1.54) is 0 Å². The van der Waals surface area contributed by atoms with Crippen LogP contribution < -0.4 is 15.8 Å². The van der Waals surface area contributed by atoms with Crippen molar-refractivity contribution in [1.29, 1.82) is 0 Å². The molecule has 1 heterocycles. The molecule has 0 radical (unpaired) electrons. The van der Waals surface area contributed by atoms with Crippen LogP contribution in [0.25, 0.3) is 0 Å². The molecule has 0 bridgehead atoms. The van der Waals surface area contributed by atoms with Crippen molar-refractivity contribution in [2.45, 2.75) is 39.2 Å². The lowest BCUT2D eigenvalue weighted by molar-refractivity contribution is -0.115. The number of carbonyl (C=O) groups is 1. The molecule has 0 saturated carbocycles. The third kappa shape index (κ3) is 2.35. The maximum atomic E-state index is 11.3. The van der Waals surface area contributed by atoms with Crippen LogP contribution in [0, 0.1) is 0 Å². The Balaban J connectivity index is 2.31. The van der Waals surface area contributed by atoms with Gasteiger partial charge in [0.25, 0.3) is 0 Å². The van der Waals surface area contributed by atoms with Crippen molar-refractivity contribution in [3.63, 3.8) is 0 Å². The Morgan fingerprint density at radius 2 is 2.18 bits per heavy atom. The topological polar surface area (TPSA) is 64.3 Å². The summed E-state index contributed by atoms with van der Waals surface area (Å²) in [6, 6.07) is 3.63. The molecular weight excluding hydrogens is 216 g/mol. The molecule has 4 heteroatoms. The number of nitrogens with two attached hydrogens (primary N) is 1. The first kappa shape index (κ1) is 11.8. The number of fused-ring (bicyclic) bond motifs is 1. The lowest BCUT2D eigenvalue weighted by Crippen LogP contribution is -2.27. The molecule has 1 amide bonds. The second-order valence-electron chi connectivity index (χ2n) is 4.99. The van der Waals surface area contributed by atoms with Crippen molar-refractivity contribution in [3.05, 3.63) is 17.7 Å². The summed E-state index contributed by atoms with van der Waals surface area (Å²) in [7, 11) is 0. The van der Waals surface area contributed by atoms with Crippen LogP contribution in [-0.2, 0) is 11.2 Å². The number of nitrogens with one attached hydrogen (secondary N) is 1. The molecule has 0 unspecified atom stereocenters. The minimum absolute atomic E-state index is 0.00583. The Morgan fingerprint density at radius 3 is 2.82 bits per heavy atom. The zero-order chi connectivity index (χ0) is 12.6. The summed E-state index contributed by atoms with van der Waals surface area (Å²) < 4.78 is 5.87. The number of benzene rings is 1. The maximum Gasteiger partial charge on any atom is 0.228 e. The number of nitrogen functional groups attached to an aromatic ring is 1. The second kappa shape index (κ2) is 3.95. The van der Waals surface area contributed by atoms with E-state index in [1.54, 1.807) is 0 Å². The fraction of sp³-hybridized carbons (Fsp3) is 0.462. The quantitative estimate of drug-likeness (QED) is 0.789. The molecule has 3 N–H and O–H groups in total. The average molecular weight is 234 g/mol. The molecule has 0 aromatic heterocycles. The number of carbonyl (C=O) groups excluding carboxylic acids is 1. The molecule has 0 saturated heterocycles. The summed E-state index contributed by atoms with van der Waals surface area (Å²) >= 11 is 0. The standard InChI is InChI=1S/C13H18N2O2/c1-4-13(2,3)17-11-7-10-8(5-9(11)14)6-12(16)15-10/h5,7H,4,6,14H2,1-3H3,(H,15,16). The number of ether oxygens (including phenoxy) is 1. The van der Waals surface area contributed by atoms with Crippen LogP contribution in [0.4, 0.5) is 11.4 Å². The van der Waals surface area contributed by atoms with Gasteiger partial charge in [0.2, 0.25) is 5.91 Å². The van der Waals surface area contributed by atoms with Crippen LogP contribution in [-0.4, -0.2) is 11.5 Å². The van der Waals surface area contributed by atoms with Crippen LogP contribution >= 0.6 is 0 Å². The van der Waals surface area contributed by atoms with Crippen molar-refractivity contribution >= 4 is 17.3 Å². The fourth-order valence-corrected chi connectivity index (χ4v) is 1.73. The molecule has 1 aromatic carbocycles. The molecule has 0 fully saturated rings. The summed E-state index contributed by atoms with van der Waals surface area (Å²) in [5.74, 6) is 0.643. The van der Waals surface area contributed by atoms with E-state index in [0.29, 0.717) is 17.9 Å². The van der Waals surface area contributed by atoms with Gasteiger partial charge in [-0.15, -0.1) is 0 Å². The second-order valence-corrected chi connectivity index (χ2v) is 4.99. The van der Waals surface area contributed by atoms with E-state index < -0.39 is 0 Å². The highest BCUT2D eigenvalue weighted by Crippen LogP contribution is 2.35. The molecule has 0 aliphatic carbocycles. The first-order valence-electron chi connectivity index (χ1n) is 5.82. The zero-order valence-electron chi connectivity index (χ0n) is 10.5. The molecule has 0 atom stereocenters. The van der Waals surface area contributed by atoms with E-state index in [0.717, 1.165) is 17.7 Å². The Hall–Kier alpha value is -1.71. The van der Waals surface area contributed by atoms with Gasteiger partial charge in [0.05, 0.1) is 12.1 Å². The highest BCUT2D eigenvalue weighted by molar-refractivity contribution is 6.00. The first-order valence-corrected chi connectivity index (χ1v) is 5.82. The lowest BCUT2D eigenvalue weighted by atomic mass is 10.1. The predicted molar refractivity (Wildman–Crippen MR) is 68.2 cm³/mol. The number of amides is 1. The van der Waals surface area contributed by atoms with Gasteiger partial charge in [-0.1, -0.05) is 6.92 Å². The molecule has 92 valence electrons. The molecule has 1 aliphatic rings. The predicted octanol–water partition coefficient (Wildman–Crippen LogP) is 2.33. The monoisotopic (exact) mass is 234 g/mol. The maximum absolute atomic E-state index is 11.3. The zero-order valence-corrected chi connectivity index (χ0v) is 10.5. The summed E-state index contributed by atoms with van der Waals surface area (Å²) in [6.07, 6.45) is 1.28. The van der Waals surface area contributed by atoms with Gasteiger partial charge in [0, 0.05) is 11.8 Å². The third-order valence-electron chi connectivity index (χ3n) is 3.10. The van der Waals surface area contributed by atoms with Crippen molar-refractivity contribution < 1.29 is 9.53 Å². The van der Waals surface area contributed by atoms with Crippen molar-refractivity contribution in [2.24, 2.45) is 0 Å². The van der Waals surface area contributed by atoms with E-state index in [1.807, 2.05) is 26.0 Å². The molecule has 1 aliphatic heterocycles. The first-order chi connectivity index (χ1) is 7.91. The van der Waals surface area contributed by atoms with Crippen molar-refractivity contribution in [1.82, 2.24) is 0 Å². The smallest absolute Gasteiger partial charge is 0.228 e. The molecule has 2 rings (SSSR count). The number of anilines is 2. The fourth-order valence-electron chi connectivity index (χ4n) is 1.73. The molecule has 1 aromatic rings. The summed E-state index contributed by atoms with van der Waals surface area (Å²) in [5, 5.41) is 2.79. The minimum atomic E-state index is -0.259. The minimum Gasteiger partial charge on any atom is -0.486 e. The Bertz CT molecular complexity index is 467. The molecule has 0 spiro atoms. The van der Waals surface area contributed by atoms with E-state index in [-0.39, 0.29) is 11.5 Å². The Morgan fingerprint density at radius 1 is 1.47 bits per heavy atom. The average Bonchev–Trinajstić information content (AvgIpc) is 2.58. The van der Waals surface area contributed by atoms with Gasteiger partial charge in [-0.2, -0.15) is 0 Å². The number of hydrogen-bond donors (Lipinski definition) is 2. The van der Waals surface area contributed by atoms with Gasteiger partial charge in [-0.05, 0) is 31.9 Å². The normalized spacial score (nSPS) is 14.4. The largest absolute Gasteiger partial charge is 0.486 e. The molecule has 4 nitrogen and oxygen atoms in total. The Kier molecular flexibility index (Phi) is 2.73. The van der Waals surface area contributed by atoms with Gasteiger partial charge in [0.15, 0.2) is 0 Å². The van der Waals surface area contributed by atoms with Gasteiger partial charge >= 0.3 is 0 Å². The van der Waals surface area contributed by atoms with E-state index >= 15 is 0 Å². The van der Waals surface area contributed by atoms with E-state index in [4.69, 9.17) is 10.5 Å². The number of hydrogen-bond acceptors (Lipinski definition) is 3. The van der Waals surface area contributed by atoms with Crippen molar-refractivity contribution in [3.8, 4) is 5.75 Å². The highest BCUT2D eigenvalue weighted by Gasteiger charge is 2.23. The van der Waals surface area contributed by atoms with Crippen LogP contribution in [0.5, 0.6) is 5.75 Å². The van der Waals surface area contributed by atoms with Gasteiger partial charge < -0.3 is 15.8 Å². The van der Waals surface area contributed by atoms with Crippen LogP contribution in [0.2, 0.25) is 0 Å². The summed E-state index contributed by atoms with van der Waals surface area (Å²) in [4.78, 5) is 11.3. The van der Waals surface area contributed by atoms with Gasteiger partial charge in [-0.25, -0.2) is 0 Å². The van der Waals surface area contributed by atoms with E-state index in [9.17, 15) is 4.79 Å². The molecule has 17 heavy (non-hydrogen) atoms. The van der Waals surface area contributed by atoms with Crippen molar-refractivity contribution in [2.75, 3.05) is 11.1 Å². The van der Waals surface area contributed by atoms with Gasteiger partial charge in [0.1, 0.15) is 11.4 Å². The summed E-state index contributed by atoms with van der Waals surface area (Å²) in [5.41, 5.74) is 8.01. The molecular formula is C13H18N2O2. The van der Waals surface area contributed by atoms with E-state index in [2.05, 4.69) is 12.2 Å². The summed E-state index contributed by atoms with van der Waals surface area (Å²) in [6.45, 7) is 6.09.